The molecule has 1 N–H and O–H groups in total. The smallest absolute Gasteiger partial charge is 0.267 e. The molecule has 2 heterocycles. The number of rotatable bonds is 4. The van der Waals surface area contributed by atoms with Crippen LogP contribution < -0.4 is 4.72 Å². The SMILES string of the molecule is Cn1cc(S(=O)(=O)NC(=O)C[C@@H]2OCCc3ccccc32)cn1. The fourth-order valence-corrected chi connectivity index (χ4v) is 3.58. The summed E-state index contributed by atoms with van der Waals surface area (Å²) >= 11 is 0. The maximum Gasteiger partial charge on any atom is 0.267 e. The molecule has 3 rings (SSSR count). The minimum atomic E-state index is -3.91. The van der Waals surface area contributed by atoms with Gasteiger partial charge in [0.25, 0.3) is 10.0 Å². The lowest BCUT2D eigenvalue weighted by molar-refractivity contribution is -0.122. The number of aryl methyl sites for hydroxylation is 1. The van der Waals surface area contributed by atoms with Gasteiger partial charge in [-0.1, -0.05) is 24.3 Å². The van der Waals surface area contributed by atoms with Gasteiger partial charge in [0.2, 0.25) is 5.91 Å². The summed E-state index contributed by atoms with van der Waals surface area (Å²) in [7, 11) is -2.30. The Kier molecular flexibility index (Phi) is 4.18. The third kappa shape index (κ3) is 3.43. The summed E-state index contributed by atoms with van der Waals surface area (Å²) in [4.78, 5) is 12.1. The van der Waals surface area contributed by atoms with Crippen molar-refractivity contribution < 1.29 is 17.9 Å². The summed E-state index contributed by atoms with van der Waals surface area (Å²) in [6, 6.07) is 7.72. The van der Waals surface area contributed by atoms with Crippen molar-refractivity contribution in [2.45, 2.75) is 23.8 Å². The summed E-state index contributed by atoms with van der Waals surface area (Å²) in [6.07, 6.45) is 2.85. The number of nitrogens with one attached hydrogen (secondary N) is 1. The molecule has 23 heavy (non-hydrogen) atoms. The van der Waals surface area contributed by atoms with Crippen LogP contribution in [0.15, 0.2) is 41.6 Å². The molecule has 1 aliphatic heterocycles. The number of nitrogens with zero attached hydrogens (tertiary/aromatic N) is 2. The molecule has 0 spiro atoms. The van der Waals surface area contributed by atoms with Crippen molar-refractivity contribution in [1.29, 1.82) is 0 Å². The van der Waals surface area contributed by atoms with Crippen molar-refractivity contribution in [1.82, 2.24) is 14.5 Å². The first kappa shape index (κ1) is 15.7. The lowest BCUT2D eigenvalue weighted by Crippen LogP contribution is -2.32. The van der Waals surface area contributed by atoms with Crippen LogP contribution in [0.2, 0.25) is 0 Å². The number of hydrogen-bond acceptors (Lipinski definition) is 5. The van der Waals surface area contributed by atoms with Crippen LogP contribution in [-0.2, 0) is 33.0 Å². The third-order valence-corrected chi connectivity index (χ3v) is 5.03. The van der Waals surface area contributed by atoms with E-state index in [2.05, 4.69) is 9.82 Å². The van der Waals surface area contributed by atoms with E-state index in [0.29, 0.717) is 6.61 Å². The molecule has 0 radical (unpaired) electrons. The largest absolute Gasteiger partial charge is 0.373 e. The molecule has 0 bridgehead atoms. The average Bonchev–Trinajstić information content (AvgIpc) is 2.95. The van der Waals surface area contributed by atoms with E-state index in [1.54, 1.807) is 7.05 Å². The molecule has 8 heteroatoms. The minimum absolute atomic E-state index is 0.0432. The van der Waals surface area contributed by atoms with Gasteiger partial charge in [-0.2, -0.15) is 5.10 Å². The Morgan fingerprint density at radius 2 is 2.22 bits per heavy atom. The van der Waals surface area contributed by atoms with E-state index in [0.717, 1.165) is 17.5 Å². The lowest BCUT2D eigenvalue weighted by Gasteiger charge is -2.25. The highest BCUT2D eigenvalue weighted by Gasteiger charge is 2.26. The van der Waals surface area contributed by atoms with Gasteiger partial charge in [0.15, 0.2) is 0 Å². The Morgan fingerprint density at radius 3 is 2.96 bits per heavy atom. The second-order valence-corrected chi connectivity index (χ2v) is 7.07. The average molecular weight is 335 g/mol. The zero-order valence-corrected chi connectivity index (χ0v) is 13.4. The molecule has 0 unspecified atom stereocenters. The number of sulfonamides is 1. The number of carbonyl (C=O) groups is 1. The molecule has 1 amide bonds. The quantitative estimate of drug-likeness (QED) is 0.897. The molecule has 0 saturated carbocycles. The Balaban J connectivity index is 1.71. The summed E-state index contributed by atoms with van der Waals surface area (Å²) in [5, 5.41) is 3.80. The van der Waals surface area contributed by atoms with Gasteiger partial charge >= 0.3 is 0 Å². The van der Waals surface area contributed by atoms with Crippen LogP contribution in [0.25, 0.3) is 0 Å². The Labute approximate surface area is 134 Å². The molecular weight excluding hydrogens is 318 g/mol. The van der Waals surface area contributed by atoms with Crippen molar-refractivity contribution in [3.63, 3.8) is 0 Å². The predicted molar refractivity (Wildman–Crippen MR) is 82.0 cm³/mol. The van der Waals surface area contributed by atoms with Crippen molar-refractivity contribution in [2.75, 3.05) is 6.61 Å². The number of aromatic nitrogens is 2. The van der Waals surface area contributed by atoms with E-state index < -0.39 is 22.0 Å². The zero-order chi connectivity index (χ0) is 16.4. The Hall–Kier alpha value is -2.19. The van der Waals surface area contributed by atoms with Crippen LogP contribution in [0.4, 0.5) is 0 Å². The normalized spacial score (nSPS) is 17.5. The summed E-state index contributed by atoms with van der Waals surface area (Å²) in [6.45, 7) is 0.518. The van der Waals surface area contributed by atoms with Crippen molar-refractivity contribution in [3.05, 3.63) is 47.8 Å². The van der Waals surface area contributed by atoms with Gasteiger partial charge in [-0.15, -0.1) is 0 Å². The van der Waals surface area contributed by atoms with Gasteiger partial charge in [-0.25, -0.2) is 13.1 Å². The minimum Gasteiger partial charge on any atom is -0.373 e. The van der Waals surface area contributed by atoms with Gasteiger partial charge in [0, 0.05) is 13.2 Å². The molecule has 0 saturated heterocycles. The van der Waals surface area contributed by atoms with E-state index in [9.17, 15) is 13.2 Å². The number of ether oxygens (including phenoxy) is 1. The molecule has 1 aromatic carbocycles. The van der Waals surface area contributed by atoms with E-state index in [1.807, 2.05) is 24.3 Å². The van der Waals surface area contributed by atoms with Crippen LogP contribution in [0.5, 0.6) is 0 Å². The Bertz CT molecular complexity index is 829. The van der Waals surface area contributed by atoms with Gasteiger partial charge < -0.3 is 4.74 Å². The monoisotopic (exact) mass is 335 g/mol. The van der Waals surface area contributed by atoms with Crippen LogP contribution in [0, 0.1) is 0 Å². The topological polar surface area (TPSA) is 90.3 Å². The molecule has 0 aliphatic carbocycles. The molecule has 122 valence electrons. The van der Waals surface area contributed by atoms with Crippen LogP contribution in [0.3, 0.4) is 0 Å². The highest BCUT2D eigenvalue weighted by molar-refractivity contribution is 7.90. The van der Waals surface area contributed by atoms with Gasteiger partial charge in [-0.3, -0.25) is 9.48 Å². The van der Waals surface area contributed by atoms with E-state index in [1.165, 1.54) is 17.1 Å². The van der Waals surface area contributed by atoms with Crippen molar-refractivity contribution in [3.8, 4) is 0 Å². The second kappa shape index (κ2) is 6.13. The maximum absolute atomic E-state index is 12.1. The van der Waals surface area contributed by atoms with E-state index >= 15 is 0 Å². The van der Waals surface area contributed by atoms with Gasteiger partial charge in [-0.05, 0) is 17.5 Å². The fourth-order valence-electron chi connectivity index (χ4n) is 2.60. The standard InChI is InChI=1S/C15H17N3O4S/c1-18-10-12(9-16-18)23(20,21)17-15(19)8-14-13-5-3-2-4-11(13)6-7-22-14/h2-5,9-10,14H,6-8H2,1H3,(H,17,19)/t14-/m0/s1. The van der Waals surface area contributed by atoms with Gasteiger partial charge in [0.05, 0.1) is 25.3 Å². The summed E-state index contributed by atoms with van der Waals surface area (Å²) < 4.78 is 33.3. The lowest BCUT2D eigenvalue weighted by atomic mass is 9.96. The molecule has 1 aromatic heterocycles. The molecule has 0 fully saturated rings. The number of fused-ring (bicyclic) bond motifs is 1. The van der Waals surface area contributed by atoms with Crippen molar-refractivity contribution in [2.24, 2.45) is 7.05 Å². The van der Waals surface area contributed by atoms with Gasteiger partial charge in [0.1, 0.15) is 4.90 Å². The highest BCUT2D eigenvalue weighted by Crippen LogP contribution is 2.29. The molecule has 2 aromatic rings. The van der Waals surface area contributed by atoms with E-state index in [4.69, 9.17) is 4.74 Å². The predicted octanol–water partition coefficient (Wildman–Crippen LogP) is 0.929. The highest BCUT2D eigenvalue weighted by atomic mass is 32.2. The van der Waals surface area contributed by atoms with Crippen molar-refractivity contribution >= 4 is 15.9 Å². The first-order valence-corrected chi connectivity index (χ1v) is 8.68. The second-order valence-electron chi connectivity index (χ2n) is 5.39. The molecule has 7 nitrogen and oxygen atoms in total. The number of hydrogen-bond donors (Lipinski definition) is 1. The summed E-state index contributed by atoms with van der Waals surface area (Å²) in [5.41, 5.74) is 2.07. The zero-order valence-electron chi connectivity index (χ0n) is 12.6. The molecular formula is C15H17N3O4S. The summed E-state index contributed by atoms with van der Waals surface area (Å²) in [5.74, 6) is -0.601. The van der Waals surface area contributed by atoms with Crippen LogP contribution in [-0.4, -0.2) is 30.7 Å². The van der Waals surface area contributed by atoms with Crippen LogP contribution >= 0.6 is 0 Å². The maximum atomic E-state index is 12.1. The molecule has 1 aliphatic rings. The number of benzene rings is 1. The third-order valence-electron chi connectivity index (χ3n) is 3.70. The fraction of sp³-hybridized carbons (Fsp3) is 0.333. The first-order chi connectivity index (χ1) is 11.0. The first-order valence-electron chi connectivity index (χ1n) is 7.19. The number of amides is 1. The van der Waals surface area contributed by atoms with Crippen LogP contribution in [0.1, 0.15) is 23.7 Å². The Morgan fingerprint density at radius 1 is 1.43 bits per heavy atom. The molecule has 1 atom stereocenters. The van der Waals surface area contributed by atoms with E-state index in [-0.39, 0.29) is 11.3 Å². The number of carbonyl (C=O) groups excluding carboxylic acids is 1.